The first-order valence-corrected chi connectivity index (χ1v) is 11.8. The average Bonchev–Trinajstić information content (AvgIpc) is 3.48. The first kappa shape index (κ1) is 23.2. The van der Waals surface area contributed by atoms with Crippen molar-refractivity contribution in [1.82, 2.24) is 20.2 Å². The van der Waals surface area contributed by atoms with Crippen molar-refractivity contribution < 1.29 is 18.6 Å². The highest BCUT2D eigenvalue weighted by Crippen LogP contribution is 2.29. The van der Waals surface area contributed by atoms with Crippen molar-refractivity contribution in [2.45, 2.75) is 38.9 Å². The lowest BCUT2D eigenvalue weighted by Crippen LogP contribution is -2.45. The summed E-state index contributed by atoms with van der Waals surface area (Å²) >= 11 is 0. The van der Waals surface area contributed by atoms with Crippen molar-refractivity contribution in [3.63, 3.8) is 0 Å². The molecule has 1 aliphatic rings. The fraction of sp³-hybridized carbons (Fsp3) is 0.385. The van der Waals surface area contributed by atoms with Crippen LogP contribution in [0.15, 0.2) is 36.4 Å². The number of nitrogens with zero attached hydrogens (tertiary/aromatic N) is 3. The van der Waals surface area contributed by atoms with Gasteiger partial charge in [-0.25, -0.2) is 9.37 Å². The molecule has 2 aromatic carbocycles. The molecule has 0 aliphatic carbocycles. The lowest BCUT2D eigenvalue weighted by molar-refractivity contribution is -0.00538. The number of halogens is 1. The van der Waals surface area contributed by atoms with Gasteiger partial charge in [-0.05, 0) is 56.5 Å². The number of hydrogen-bond acceptors (Lipinski definition) is 6. The molecule has 5 rings (SSSR count). The van der Waals surface area contributed by atoms with Gasteiger partial charge in [-0.2, -0.15) is 5.10 Å². The number of morpholine rings is 1. The number of nitrogens with one attached hydrogen (secondary N) is 2. The number of methoxy groups -OCH3 is 2. The third kappa shape index (κ3) is 4.95. The number of aromatic amines is 2. The predicted octanol–water partition coefficient (Wildman–Crippen LogP) is 4.51. The fourth-order valence-corrected chi connectivity index (χ4v) is 4.66. The Morgan fingerprint density at radius 3 is 2.40 bits per heavy atom. The Labute approximate surface area is 203 Å². The van der Waals surface area contributed by atoms with Crippen molar-refractivity contribution in [3.8, 4) is 23.0 Å². The largest absolute Gasteiger partial charge is 0.497 e. The third-order valence-electron chi connectivity index (χ3n) is 6.28. The van der Waals surface area contributed by atoms with Gasteiger partial charge in [0.25, 0.3) is 0 Å². The highest BCUT2D eigenvalue weighted by molar-refractivity contribution is 5.83. The molecule has 0 radical (unpaired) electrons. The van der Waals surface area contributed by atoms with E-state index in [1.165, 1.54) is 6.07 Å². The van der Waals surface area contributed by atoms with E-state index in [9.17, 15) is 4.39 Å². The summed E-state index contributed by atoms with van der Waals surface area (Å²) in [7, 11) is 3.29. The normalized spacial score (nSPS) is 18.3. The van der Waals surface area contributed by atoms with Crippen LogP contribution in [0.2, 0.25) is 0 Å². The molecule has 0 unspecified atom stereocenters. The van der Waals surface area contributed by atoms with Gasteiger partial charge < -0.3 is 24.1 Å². The molecule has 1 aliphatic heterocycles. The SMILES string of the molecule is COc1cc(CCc2cc(-c3nc4cc(N5C[C@@H](C)O[C@@H](C)C5)c(F)cc4[nH]3)n[nH]2)cc(OC)c1. The number of aromatic nitrogens is 4. The number of hydrogen-bond donors (Lipinski definition) is 2. The summed E-state index contributed by atoms with van der Waals surface area (Å²) in [4.78, 5) is 9.94. The van der Waals surface area contributed by atoms with E-state index in [1.807, 2.05) is 43.0 Å². The maximum absolute atomic E-state index is 15.0. The van der Waals surface area contributed by atoms with Gasteiger partial charge in [0.2, 0.25) is 0 Å². The molecule has 2 N–H and O–H groups in total. The van der Waals surface area contributed by atoms with E-state index in [0.29, 0.717) is 41.3 Å². The molecular weight excluding hydrogens is 449 g/mol. The maximum Gasteiger partial charge on any atom is 0.159 e. The zero-order valence-electron chi connectivity index (χ0n) is 20.4. The van der Waals surface area contributed by atoms with Crippen LogP contribution in [0.5, 0.6) is 11.5 Å². The van der Waals surface area contributed by atoms with Crippen molar-refractivity contribution >= 4 is 16.7 Å². The molecule has 35 heavy (non-hydrogen) atoms. The number of anilines is 1. The van der Waals surface area contributed by atoms with Crippen LogP contribution in [0.1, 0.15) is 25.1 Å². The Morgan fingerprint density at radius 1 is 1.00 bits per heavy atom. The summed E-state index contributed by atoms with van der Waals surface area (Å²) in [5.74, 6) is 1.86. The summed E-state index contributed by atoms with van der Waals surface area (Å²) in [5, 5.41) is 7.52. The molecule has 3 heterocycles. The van der Waals surface area contributed by atoms with Gasteiger partial charge in [0.1, 0.15) is 23.0 Å². The minimum Gasteiger partial charge on any atom is -0.497 e. The van der Waals surface area contributed by atoms with Gasteiger partial charge in [0.15, 0.2) is 5.82 Å². The molecule has 8 nitrogen and oxygen atoms in total. The second-order valence-electron chi connectivity index (χ2n) is 9.07. The fourth-order valence-electron chi connectivity index (χ4n) is 4.66. The van der Waals surface area contributed by atoms with E-state index in [0.717, 1.165) is 35.6 Å². The van der Waals surface area contributed by atoms with Crippen LogP contribution in [0.3, 0.4) is 0 Å². The Balaban J connectivity index is 1.34. The Bertz CT molecular complexity index is 1300. The molecule has 0 saturated carbocycles. The van der Waals surface area contributed by atoms with Crippen LogP contribution in [0.25, 0.3) is 22.6 Å². The number of benzene rings is 2. The molecule has 1 fully saturated rings. The van der Waals surface area contributed by atoms with Crippen LogP contribution < -0.4 is 14.4 Å². The standard InChI is InChI=1S/C26H30FN5O3/c1-15-13-32(14-16(2)35-15)25-12-23-22(11-21(25)27)28-26(29-23)24-9-18(30-31-24)6-5-17-7-19(33-3)10-20(8-17)34-4/h7-12,15-16H,5-6,13-14H2,1-4H3,(H,28,29)(H,30,31)/t15-,16+. The van der Waals surface area contributed by atoms with Crippen LogP contribution in [-0.2, 0) is 17.6 Å². The molecule has 2 aromatic heterocycles. The maximum atomic E-state index is 15.0. The third-order valence-corrected chi connectivity index (χ3v) is 6.28. The van der Waals surface area contributed by atoms with Crippen LogP contribution in [0.4, 0.5) is 10.1 Å². The number of H-pyrrole nitrogens is 2. The summed E-state index contributed by atoms with van der Waals surface area (Å²) in [6, 6.07) is 11.1. The topological polar surface area (TPSA) is 88.3 Å². The molecule has 1 saturated heterocycles. The first-order valence-electron chi connectivity index (χ1n) is 11.8. The average molecular weight is 480 g/mol. The number of aryl methyl sites for hydroxylation is 2. The van der Waals surface area contributed by atoms with Crippen molar-refractivity contribution in [2.24, 2.45) is 0 Å². The zero-order chi connectivity index (χ0) is 24.5. The molecule has 0 amide bonds. The van der Waals surface area contributed by atoms with Crippen molar-refractivity contribution in [3.05, 3.63) is 53.5 Å². The molecule has 184 valence electrons. The number of fused-ring (bicyclic) bond motifs is 1. The van der Waals surface area contributed by atoms with Crippen LogP contribution in [-0.4, -0.2) is 59.7 Å². The highest BCUT2D eigenvalue weighted by Gasteiger charge is 2.25. The monoisotopic (exact) mass is 479 g/mol. The van der Waals surface area contributed by atoms with Gasteiger partial charge in [-0.1, -0.05) is 0 Å². The van der Waals surface area contributed by atoms with Crippen LogP contribution in [0, 0.1) is 5.82 Å². The molecule has 2 atom stereocenters. The Kier molecular flexibility index (Phi) is 6.34. The van der Waals surface area contributed by atoms with Crippen LogP contribution >= 0.6 is 0 Å². The molecule has 9 heteroatoms. The summed E-state index contributed by atoms with van der Waals surface area (Å²) < 4.78 is 31.5. The first-order chi connectivity index (χ1) is 16.9. The Hall–Kier alpha value is -3.59. The summed E-state index contributed by atoms with van der Waals surface area (Å²) in [6.07, 6.45) is 1.64. The quantitative estimate of drug-likeness (QED) is 0.406. The minimum absolute atomic E-state index is 0.0455. The zero-order valence-corrected chi connectivity index (χ0v) is 20.4. The molecule has 0 bridgehead atoms. The predicted molar refractivity (Wildman–Crippen MR) is 133 cm³/mol. The van der Waals surface area contributed by atoms with E-state index in [2.05, 4.69) is 15.2 Å². The van der Waals surface area contributed by atoms with Crippen molar-refractivity contribution in [2.75, 3.05) is 32.2 Å². The Morgan fingerprint density at radius 2 is 1.71 bits per heavy atom. The molecule has 0 spiro atoms. The number of rotatable bonds is 7. The smallest absolute Gasteiger partial charge is 0.159 e. The number of imidazole rings is 1. The van der Waals surface area contributed by atoms with Gasteiger partial charge >= 0.3 is 0 Å². The molecular formula is C26H30FN5O3. The summed E-state index contributed by atoms with van der Waals surface area (Å²) in [6.45, 7) is 5.30. The van der Waals surface area contributed by atoms with Gasteiger partial charge in [-0.3, -0.25) is 5.10 Å². The second kappa shape index (κ2) is 9.58. The number of ether oxygens (including phenoxy) is 3. The van der Waals surface area contributed by atoms with Gasteiger partial charge in [0.05, 0.1) is 43.1 Å². The van der Waals surface area contributed by atoms with Gasteiger partial charge in [0, 0.05) is 30.9 Å². The van der Waals surface area contributed by atoms with E-state index in [1.54, 1.807) is 20.3 Å². The van der Waals surface area contributed by atoms with Gasteiger partial charge in [-0.15, -0.1) is 0 Å². The van der Waals surface area contributed by atoms with Crippen molar-refractivity contribution in [1.29, 1.82) is 0 Å². The van der Waals surface area contributed by atoms with E-state index >= 15 is 0 Å². The van der Waals surface area contributed by atoms with E-state index in [-0.39, 0.29) is 18.0 Å². The van der Waals surface area contributed by atoms with E-state index < -0.39 is 0 Å². The van der Waals surface area contributed by atoms with E-state index in [4.69, 9.17) is 19.2 Å². The molecule has 4 aromatic rings. The summed E-state index contributed by atoms with van der Waals surface area (Å²) in [5.41, 5.74) is 4.67. The highest BCUT2D eigenvalue weighted by atomic mass is 19.1. The lowest BCUT2D eigenvalue weighted by atomic mass is 10.1. The minimum atomic E-state index is -0.273. The lowest BCUT2D eigenvalue weighted by Gasteiger charge is -2.36. The second-order valence-corrected chi connectivity index (χ2v) is 9.07.